The van der Waals surface area contributed by atoms with Gasteiger partial charge in [0.25, 0.3) is 5.91 Å². The van der Waals surface area contributed by atoms with Crippen LogP contribution in [0.25, 0.3) is 0 Å². The summed E-state index contributed by atoms with van der Waals surface area (Å²) in [6.45, 7) is 3.31. The van der Waals surface area contributed by atoms with E-state index in [-0.39, 0.29) is 23.8 Å². The van der Waals surface area contributed by atoms with Gasteiger partial charge in [0.1, 0.15) is 0 Å². The molecule has 0 aliphatic carbocycles. The molecule has 1 aromatic carbocycles. The zero-order valence-corrected chi connectivity index (χ0v) is 11.5. The molecule has 106 valence electrons. The molecule has 3 rings (SSSR count). The molecule has 2 amide bonds. The Kier molecular flexibility index (Phi) is 3.31. The Bertz CT molecular complexity index is 523. The Hall–Kier alpha value is -1.72. The third-order valence-corrected chi connectivity index (χ3v) is 3.90. The molecule has 20 heavy (non-hydrogen) atoms. The molecule has 1 N–H and O–H groups in total. The lowest BCUT2D eigenvalue weighted by Crippen LogP contribution is -2.51. The van der Waals surface area contributed by atoms with Crippen LogP contribution < -0.4 is 10.2 Å². The van der Waals surface area contributed by atoms with E-state index in [2.05, 4.69) is 5.32 Å². The highest BCUT2D eigenvalue weighted by molar-refractivity contribution is 6.22. The number of hydrogen-bond acceptors (Lipinski definition) is 4. The number of carbonyl (C=O) groups excluding carboxylic acids is 2. The highest BCUT2D eigenvalue weighted by Gasteiger charge is 2.43. The number of para-hydroxylation sites is 1. The minimum Gasteiger partial charge on any atom is -0.379 e. The minimum atomic E-state index is -0.450. The van der Waals surface area contributed by atoms with Crippen molar-refractivity contribution < 1.29 is 14.3 Å². The zero-order chi connectivity index (χ0) is 14.2. The standard InChI is InChI=1S/C15H18N2O3/c1-15(7-8-20-10-15)16-12-9-13(18)17(14(12)19)11-5-3-2-4-6-11/h2-6,12,16H,7-10H2,1H3. The Balaban J connectivity index is 1.77. The zero-order valence-electron chi connectivity index (χ0n) is 11.5. The maximum absolute atomic E-state index is 12.4. The fraction of sp³-hybridized carbons (Fsp3) is 0.467. The Morgan fingerprint density at radius 1 is 1.30 bits per heavy atom. The molecule has 0 bridgehead atoms. The quantitative estimate of drug-likeness (QED) is 0.838. The number of nitrogens with zero attached hydrogens (tertiary/aromatic N) is 1. The van der Waals surface area contributed by atoms with Crippen molar-refractivity contribution >= 4 is 17.5 Å². The first-order valence-electron chi connectivity index (χ1n) is 6.86. The summed E-state index contributed by atoms with van der Waals surface area (Å²) < 4.78 is 5.37. The van der Waals surface area contributed by atoms with E-state index in [1.807, 2.05) is 25.1 Å². The molecule has 2 aliphatic rings. The molecule has 2 saturated heterocycles. The van der Waals surface area contributed by atoms with E-state index < -0.39 is 6.04 Å². The van der Waals surface area contributed by atoms with Crippen LogP contribution >= 0.6 is 0 Å². The smallest absolute Gasteiger partial charge is 0.251 e. The van der Waals surface area contributed by atoms with Crippen molar-refractivity contribution in [1.82, 2.24) is 5.32 Å². The van der Waals surface area contributed by atoms with Gasteiger partial charge in [0.05, 0.1) is 24.8 Å². The molecule has 2 heterocycles. The van der Waals surface area contributed by atoms with E-state index in [9.17, 15) is 9.59 Å². The molecule has 5 nitrogen and oxygen atoms in total. The Morgan fingerprint density at radius 2 is 2.05 bits per heavy atom. The molecular weight excluding hydrogens is 256 g/mol. The summed E-state index contributed by atoms with van der Waals surface area (Å²) in [4.78, 5) is 25.8. The van der Waals surface area contributed by atoms with E-state index in [1.165, 1.54) is 4.90 Å². The van der Waals surface area contributed by atoms with Crippen molar-refractivity contribution in [3.8, 4) is 0 Å². The van der Waals surface area contributed by atoms with Crippen LogP contribution in [0.1, 0.15) is 19.8 Å². The van der Waals surface area contributed by atoms with E-state index in [0.717, 1.165) is 6.42 Å². The largest absolute Gasteiger partial charge is 0.379 e. The van der Waals surface area contributed by atoms with Crippen molar-refractivity contribution in [3.63, 3.8) is 0 Å². The SMILES string of the molecule is CC1(NC2CC(=O)N(c3ccccc3)C2=O)CCOC1. The predicted molar refractivity (Wildman–Crippen MR) is 74.3 cm³/mol. The number of anilines is 1. The van der Waals surface area contributed by atoms with E-state index in [1.54, 1.807) is 12.1 Å². The highest BCUT2D eigenvalue weighted by atomic mass is 16.5. The first-order chi connectivity index (χ1) is 9.59. The van der Waals surface area contributed by atoms with Crippen molar-refractivity contribution in [1.29, 1.82) is 0 Å². The second kappa shape index (κ2) is 5.00. The molecule has 2 atom stereocenters. The molecule has 0 spiro atoms. The Morgan fingerprint density at radius 3 is 2.70 bits per heavy atom. The molecule has 2 fully saturated rings. The van der Waals surface area contributed by atoms with Crippen molar-refractivity contribution in [2.75, 3.05) is 18.1 Å². The number of rotatable bonds is 3. The molecule has 0 aromatic heterocycles. The van der Waals surface area contributed by atoms with Crippen molar-refractivity contribution in [2.45, 2.75) is 31.3 Å². The van der Waals surface area contributed by atoms with Gasteiger partial charge in [0.15, 0.2) is 0 Å². The number of hydrogen-bond donors (Lipinski definition) is 1. The van der Waals surface area contributed by atoms with Crippen LogP contribution in [0.3, 0.4) is 0 Å². The third-order valence-electron chi connectivity index (χ3n) is 3.90. The minimum absolute atomic E-state index is 0.152. The molecular formula is C15H18N2O3. The monoisotopic (exact) mass is 274 g/mol. The summed E-state index contributed by atoms with van der Waals surface area (Å²) in [7, 11) is 0. The maximum atomic E-state index is 12.4. The van der Waals surface area contributed by atoms with Gasteiger partial charge >= 0.3 is 0 Å². The Labute approximate surface area is 117 Å². The van der Waals surface area contributed by atoms with Crippen molar-refractivity contribution in [2.24, 2.45) is 0 Å². The van der Waals surface area contributed by atoms with E-state index in [4.69, 9.17) is 4.74 Å². The second-order valence-corrected chi connectivity index (χ2v) is 5.67. The fourth-order valence-electron chi connectivity index (χ4n) is 2.79. The summed E-state index contributed by atoms with van der Waals surface area (Å²) in [5.74, 6) is -0.324. The molecule has 1 aromatic rings. The summed E-state index contributed by atoms with van der Waals surface area (Å²) >= 11 is 0. The lowest BCUT2D eigenvalue weighted by molar-refractivity contribution is -0.121. The molecule has 5 heteroatoms. The van der Waals surface area contributed by atoms with Gasteiger partial charge in [-0.15, -0.1) is 0 Å². The molecule has 2 unspecified atom stereocenters. The number of ether oxygens (including phenoxy) is 1. The molecule has 0 radical (unpaired) electrons. The fourth-order valence-corrected chi connectivity index (χ4v) is 2.79. The molecule has 2 aliphatic heterocycles. The maximum Gasteiger partial charge on any atom is 0.251 e. The average molecular weight is 274 g/mol. The number of amides is 2. The van der Waals surface area contributed by atoms with Gasteiger partial charge in [-0.05, 0) is 25.5 Å². The third kappa shape index (κ3) is 2.34. The van der Waals surface area contributed by atoms with Gasteiger partial charge in [0.2, 0.25) is 5.91 Å². The first-order valence-corrected chi connectivity index (χ1v) is 6.86. The predicted octanol–water partition coefficient (Wildman–Crippen LogP) is 1.09. The van der Waals surface area contributed by atoms with Crippen LogP contribution in [0.5, 0.6) is 0 Å². The number of nitrogens with one attached hydrogen (secondary N) is 1. The van der Waals surface area contributed by atoms with Gasteiger partial charge < -0.3 is 4.74 Å². The summed E-state index contributed by atoms with van der Waals surface area (Å²) in [5, 5.41) is 3.30. The topological polar surface area (TPSA) is 58.6 Å². The van der Waals surface area contributed by atoms with E-state index in [0.29, 0.717) is 18.9 Å². The van der Waals surface area contributed by atoms with Crippen LogP contribution in [-0.4, -0.2) is 36.6 Å². The first kappa shape index (κ1) is 13.3. The number of benzene rings is 1. The van der Waals surface area contributed by atoms with Crippen LogP contribution in [0.15, 0.2) is 30.3 Å². The van der Waals surface area contributed by atoms with Crippen LogP contribution in [0, 0.1) is 0 Å². The van der Waals surface area contributed by atoms with Gasteiger partial charge in [-0.25, -0.2) is 4.90 Å². The highest BCUT2D eigenvalue weighted by Crippen LogP contribution is 2.25. The van der Waals surface area contributed by atoms with Crippen LogP contribution in [0.2, 0.25) is 0 Å². The van der Waals surface area contributed by atoms with Gasteiger partial charge in [0, 0.05) is 12.1 Å². The van der Waals surface area contributed by atoms with Crippen LogP contribution in [0.4, 0.5) is 5.69 Å². The van der Waals surface area contributed by atoms with Gasteiger partial charge in [-0.3, -0.25) is 14.9 Å². The summed E-state index contributed by atoms with van der Waals surface area (Å²) in [6, 6.07) is 8.61. The summed E-state index contributed by atoms with van der Waals surface area (Å²) in [6.07, 6.45) is 1.07. The second-order valence-electron chi connectivity index (χ2n) is 5.67. The number of carbonyl (C=O) groups is 2. The van der Waals surface area contributed by atoms with Crippen molar-refractivity contribution in [3.05, 3.63) is 30.3 Å². The average Bonchev–Trinajstić information content (AvgIpc) is 2.96. The lowest BCUT2D eigenvalue weighted by Gasteiger charge is -2.26. The van der Waals surface area contributed by atoms with Gasteiger partial charge in [-0.2, -0.15) is 0 Å². The number of imide groups is 1. The normalized spacial score (nSPS) is 30.2. The van der Waals surface area contributed by atoms with Crippen LogP contribution in [-0.2, 0) is 14.3 Å². The lowest BCUT2D eigenvalue weighted by atomic mass is 10.00. The van der Waals surface area contributed by atoms with Gasteiger partial charge in [-0.1, -0.05) is 18.2 Å². The summed E-state index contributed by atoms with van der Waals surface area (Å²) in [5.41, 5.74) is 0.424. The molecule has 0 saturated carbocycles. The van der Waals surface area contributed by atoms with E-state index >= 15 is 0 Å².